The van der Waals surface area contributed by atoms with E-state index in [4.69, 9.17) is 4.74 Å². The van der Waals surface area contributed by atoms with Crippen LogP contribution in [0, 0.1) is 5.92 Å². The number of carbonyl (C=O) groups is 1. The van der Waals surface area contributed by atoms with Gasteiger partial charge in [0.15, 0.2) is 0 Å². The van der Waals surface area contributed by atoms with Crippen molar-refractivity contribution in [3.63, 3.8) is 0 Å². The third kappa shape index (κ3) is 5.95. The fourth-order valence-electron chi connectivity index (χ4n) is 6.19. The summed E-state index contributed by atoms with van der Waals surface area (Å²) in [5.74, 6) is 0.793. The Hall–Kier alpha value is -1.95. The summed E-state index contributed by atoms with van der Waals surface area (Å²) >= 11 is 0. The molecule has 178 valence electrons. The number of likely N-dealkylation sites (tertiary alicyclic amines) is 1. The lowest BCUT2D eigenvalue weighted by Crippen LogP contribution is -2.54. The van der Waals surface area contributed by atoms with Crippen LogP contribution in [0.15, 0.2) is 42.5 Å². The van der Waals surface area contributed by atoms with E-state index in [9.17, 15) is 4.79 Å². The normalized spacial score (nSPS) is 25.5. The standard InChI is InChI=1S/C28H39N3O2/c32-28(29-26-7-3-4-8-26)12-11-25-21-30(14-13-27(25)31-15-17-33-18-16-31)20-22-9-10-23-5-1-2-6-24(23)19-22/h1-2,5-6,9-10,19,25-27H,3-4,7-8,11-18,20-21H2,(H,29,32)/t25-,27+/m0/s1. The molecule has 3 fully saturated rings. The van der Waals surface area contributed by atoms with Crippen LogP contribution in [-0.4, -0.2) is 67.2 Å². The predicted molar refractivity (Wildman–Crippen MR) is 133 cm³/mol. The van der Waals surface area contributed by atoms with Gasteiger partial charge < -0.3 is 10.1 Å². The highest BCUT2D eigenvalue weighted by atomic mass is 16.5. The molecular weight excluding hydrogens is 410 g/mol. The van der Waals surface area contributed by atoms with Crippen LogP contribution in [0.2, 0.25) is 0 Å². The second-order valence-corrected chi connectivity index (χ2v) is 10.3. The zero-order valence-corrected chi connectivity index (χ0v) is 19.9. The molecule has 5 nitrogen and oxygen atoms in total. The van der Waals surface area contributed by atoms with Gasteiger partial charge in [-0.2, -0.15) is 0 Å². The number of amides is 1. The molecule has 5 rings (SSSR count). The van der Waals surface area contributed by atoms with Gasteiger partial charge >= 0.3 is 0 Å². The summed E-state index contributed by atoms with van der Waals surface area (Å²) < 4.78 is 5.62. The minimum absolute atomic E-state index is 0.259. The van der Waals surface area contributed by atoms with E-state index in [1.165, 1.54) is 35.6 Å². The molecule has 0 unspecified atom stereocenters. The lowest BCUT2D eigenvalue weighted by atomic mass is 9.86. The van der Waals surface area contributed by atoms with Crippen LogP contribution in [-0.2, 0) is 16.1 Å². The molecule has 2 aromatic carbocycles. The number of hydrogen-bond donors (Lipinski definition) is 1. The van der Waals surface area contributed by atoms with Gasteiger partial charge in [0.05, 0.1) is 13.2 Å². The van der Waals surface area contributed by atoms with Crippen molar-refractivity contribution in [2.75, 3.05) is 39.4 Å². The van der Waals surface area contributed by atoms with E-state index < -0.39 is 0 Å². The molecule has 1 N–H and O–H groups in total. The number of morpholine rings is 1. The first-order chi connectivity index (χ1) is 16.2. The highest BCUT2D eigenvalue weighted by Crippen LogP contribution is 2.29. The first kappa shape index (κ1) is 22.8. The average molecular weight is 450 g/mol. The average Bonchev–Trinajstić information content (AvgIpc) is 3.36. The molecule has 1 aliphatic carbocycles. The second kappa shape index (κ2) is 11.0. The van der Waals surface area contributed by atoms with Gasteiger partial charge in [-0.1, -0.05) is 49.2 Å². The van der Waals surface area contributed by atoms with Crippen LogP contribution in [0.25, 0.3) is 10.8 Å². The number of ether oxygens (including phenoxy) is 1. The summed E-state index contributed by atoms with van der Waals surface area (Å²) in [4.78, 5) is 17.9. The van der Waals surface area contributed by atoms with E-state index in [0.717, 1.165) is 65.2 Å². The van der Waals surface area contributed by atoms with E-state index in [-0.39, 0.29) is 5.91 Å². The zero-order valence-electron chi connectivity index (χ0n) is 19.9. The van der Waals surface area contributed by atoms with Gasteiger partial charge in [0.1, 0.15) is 0 Å². The molecule has 0 spiro atoms. The number of rotatable bonds is 7. The van der Waals surface area contributed by atoms with Crippen LogP contribution >= 0.6 is 0 Å². The molecule has 2 saturated heterocycles. The minimum Gasteiger partial charge on any atom is -0.379 e. The third-order valence-corrected chi connectivity index (χ3v) is 7.98. The summed E-state index contributed by atoms with van der Waals surface area (Å²) in [7, 11) is 0. The number of nitrogens with zero attached hydrogens (tertiary/aromatic N) is 2. The summed E-state index contributed by atoms with van der Waals surface area (Å²) in [6.07, 6.45) is 7.66. The second-order valence-electron chi connectivity index (χ2n) is 10.3. The number of piperidine rings is 1. The van der Waals surface area contributed by atoms with Gasteiger partial charge in [-0.3, -0.25) is 14.6 Å². The molecule has 1 amide bonds. The van der Waals surface area contributed by atoms with Gasteiger partial charge in [-0.15, -0.1) is 0 Å². The van der Waals surface area contributed by atoms with Gasteiger partial charge in [0.25, 0.3) is 0 Å². The summed E-state index contributed by atoms with van der Waals surface area (Å²) in [5, 5.41) is 5.92. The Labute approximate surface area is 198 Å². The topological polar surface area (TPSA) is 44.8 Å². The smallest absolute Gasteiger partial charge is 0.220 e. The first-order valence-corrected chi connectivity index (χ1v) is 13.1. The van der Waals surface area contributed by atoms with Crippen molar-refractivity contribution in [1.29, 1.82) is 0 Å². The highest BCUT2D eigenvalue weighted by Gasteiger charge is 2.34. The molecule has 2 aromatic rings. The third-order valence-electron chi connectivity index (χ3n) is 7.98. The van der Waals surface area contributed by atoms with Crippen molar-refractivity contribution in [3.05, 3.63) is 48.0 Å². The highest BCUT2D eigenvalue weighted by molar-refractivity contribution is 5.83. The Morgan fingerprint density at radius 3 is 2.58 bits per heavy atom. The minimum atomic E-state index is 0.259. The maximum absolute atomic E-state index is 12.7. The van der Waals surface area contributed by atoms with Crippen LogP contribution in [0.1, 0.15) is 50.5 Å². The Kier molecular flexibility index (Phi) is 7.60. The number of carbonyl (C=O) groups excluding carboxylic acids is 1. The van der Waals surface area contributed by atoms with Crippen molar-refractivity contribution >= 4 is 16.7 Å². The first-order valence-electron chi connectivity index (χ1n) is 13.1. The molecule has 1 saturated carbocycles. The van der Waals surface area contributed by atoms with Crippen LogP contribution in [0.5, 0.6) is 0 Å². The van der Waals surface area contributed by atoms with Crippen molar-refractivity contribution in [2.45, 2.75) is 63.6 Å². The monoisotopic (exact) mass is 449 g/mol. The van der Waals surface area contributed by atoms with Gasteiger partial charge in [0.2, 0.25) is 5.91 Å². The molecule has 2 atom stereocenters. The van der Waals surface area contributed by atoms with Crippen LogP contribution < -0.4 is 5.32 Å². The largest absolute Gasteiger partial charge is 0.379 e. The number of benzene rings is 2. The van der Waals surface area contributed by atoms with Crippen molar-refractivity contribution in [3.8, 4) is 0 Å². The van der Waals surface area contributed by atoms with E-state index in [1.54, 1.807) is 0 Å². The molecule has 5 heteroatoms. The van der Waals surface area contributed by atoms with E-state index in [2.05, 4.69) is 57.6 Å². The summed E-state index contributed by atoms with van der Waals surface area (Å²) in [5.41, 5.74) is 1.39. The van der Waals surface area contributed by atoms with Crippen LogP contribution in [0.3, 0.4) is 0 Å². The SMILES string of the molecule is O=C(CC[C@H]1CN(Cc2ccc3ccccc3c2)CC[C@H]1N1CCOCC1)NC1CCCC1. The number of nitrogens with one attached hydrogen (secondary N) is 1. The molecule has 0 bridgehead atoms. The number of hydrogen-bond acceptors (Lipinski definition) is 4. The quantitative estimate of drug-likeness (QED) is 0.688. The lowest BCUT2D eigenvalue weighted by molar-refractivity contribution is -0.122. The Balaban J connectivity index is 1.22. The van der Waals surface area contributed by atoms with Gasteiger partial charge in [0, 0.05) is 44.7 Å². The van der Waals surface area contributed by atoms with Gasteiger partial charge in [-0.25, -0.2) is 0 Å². The summed E-state index contributed by atoms with van der Waals surface area (Å²) in [6, 6.07) is 16.5. The van der Waals surface area contributed by atoms with Crippen molar-refractivity contribution < 1.29 is 9.53 Å². The van der Waals surface area contributed by atoms with Crippen molar-refractivity contribution in [2.24, 2.45) is 5.92 Å². The van der Waals surface area contributed by atoms with E-state index in [0.29, 0.717) is 24.4 Å². The number of fused-ring (bicyclic) bond motifs is 1. The molecule has 0 aromatic heterocycles. The molecule has 2 aliphatic heterocycles. The fourth-order valence-corrected chi connectivity index (χ4v) is 6.19. The van der Waals surface area contributed by atoms with Gasteiger partial charge in [-0.05, 0) is 60.5 Å². The Morgan fingerprint density at radius 2 is 1.76 bits per heavy atom. The Bertz CT molecular complexity index is 920. The molecular formula is C28H39N3O2. The van der Waals surface area contributed by atoms with E-state index >= 15 is 0 Å². The zero-order chi connectivity index (χ0) is 22.5. The maximum atomic E-state index is 12.7. The lowest BCUT2D eigenvalue weighted by Gasteiger charge is -2.45. The molecule has 33 heavy (non-hydrogen) atoms. The van der Waals surface area contributed by atoms with Crippen LogP contribution in [0.4, 0.5) is 0 Å². The summed E-state index contributed by atoms with van der Waals surface area (Å²) in [6.45, 7) is 6.93. The predicted octanol–water partition coefficient (Wildman–Crippen LogP) is 4.20. The Morgan fingerprint density at radius 1 is 0.970 bits per heavy atom. The molecule has 3 aliphatic rings. The van der Waals surface area contributed by atoms with E-state index in [1.807, 2.05) is 0 Å². The van der Waals surface area contributed by atoms with Crippen molar-refractivity contribution in [1.82, 2.24) is 15.1 Å². The molecule has 2 heterocycles. The maximum Gasteiger partial charge on any atom is 0.220 e. The fraction of sp³-hybridized carbons (Fsp3) is 0.607. The molecule has 0 radical (unpaired) electrons.